The van der Waals surface area contributed by atoms with Gasteiger partial charge in [0.1, 0.15) is 16.5 Å². The number of benzene rings is 1. The highest BCUT2D eigenvalue weighted by molar-refractivity contribution is 7.92. The van der Waals surface area contributed by atoms with Crippen LogP contribution in [0.4, 0.5) is 23.2 Å². The maximum absolute atomic E-state index is 13.5. The van der Waals surface area contributed by atoms with Crippen LogP contribution in [0.25, 0.3) is 0 Å². The van der Waals surface area contributed by atoms with Crippen LogP contribution in [0, 0.1) is 12.7 Å². The van der Waals surface area contributed by atoms with E-state index >= 15 is 0 Å². The Morgan fingerprint density at radius 1 is 1.07 bits per heavy atom. The maximum atomic E-state index is 13.5. The molecule has 0 atom stereocenters. The second-order valence-electron chi connectivity index (χ2n) is 6.25. The van der Waals surface area contributed by atoms with Crippen LogP contribution < -0.4 is 4.90 Å². The summed E-state index contributed by atoms with van der Waals surface area (Å²) in [5, 5.41) is 0. The zero-order valence-electron chi connectivity index (χ0n) is 14.7. The summed E-state index contributed by atoms with van der Waals surface area (Å²) in [6.07, 6.45) is 0. The Morgan fingerprint density at radius 3 is 2.25 bits per heavy atom. The first-order valence-corrected chi connectivity index (χ1v) is 9.70. The van der Waals surface area contributed by atoms with E-state index in [0.717, 1.165) is 12.1 Å². The molecule has 0 bridgehead atoms. The summed E-state index contributed by atoms with van der Waals surface area (Å²) in [7, 11) is -5.73. The molecule has 2 heterocycles. The molecule has 1 saturated heterocycles. The van der Waals surface area contributed by atoms with Gasteiger partial charge in [-0.25, -0.2) is 12.8 Å². The molecular weight excluding hydrogens is 404 g/mol. The summed E-state index contributed by atoms with van der Waals surface area (Å²) in [6.45, 7) is 2.13. The average Bonchev–Trinajstić information content (AvgIpc) is 3.06. The number of alkyl halides is 3. The Morgan fingerprint density at radius 2 is 1.71 bits per heavy atom. The monoisotopic (exact) mass is 420 g/mol. The molecule has 1 fully saturated rings. The van der Waals surface area contributed by atoms with Crippen LogP contribution in [-0.4, -0.2) is 50.9 Å². The number of carbonyl (C=O) groups excluding carboxylic acids is 1. The normalized spacial score (nSPS) is 15.8. The summed E-state index contributed by atoms with van der Waals surface area (Å²) in [4.78, 5) is 14.1. The predicted octanol–water partition coefficient (Wildman–Crippen LogP) is 2.98. The standard InChI is InChI=1S/C17H16F4N2O4S/c1-11-2-5-14(27-11)16(24)23-8-6-22(7-9-23)13-4-3-12(18)10-15(13)28(25,26)17(19,20)21/h2-5,10H,6-9H2,1H3. The van der Waals surface area contributed by atoms with Crippen molar-refractivity contribution in [3.8, 4) is 0 Å². The zero-order valence-corrected chi connectivity index (χ0v) is 15.5. The molecule has 1 aliphatic rings. The van der Waals surface area contributed by atoms with Gasteiger partial charge >= 0.3 is 5.51 Å². The molecule has 1 amide bonds. The third kappa shape index (κ3) is 3.71. The van der Waals surface area contributed by atoms with Crippen LogP contribution in [0.15, 0.2) is 39.6 Å². The number of sulfone groups is 1. The van der Waals surface area contributed by atoms with Gasteiger partial charge in [-0.2, -0.15) is 13.2 Å². The lowest BCUT2D eigenvalue weighted by Gasteiger charge is -2.36. The Hall–Kier alpha value is -2.56. The van der Waals surface area contributed by atoms with E-state index in [0.29, 0.717) is 11.8 Å². The number of hydrogen-bond donors (Lipinski definition) is 0. The Labute approximate surface area is 158 Å². The van der Waals surface area contributed by atoms with E-state index in [1.807, 2.05) is 0 Å². The second-order valence-corrected chi connectivity index (χ2v) is 8.16. The summed E-state index contributed by atoms with van der Waals surface area (Å²) < 4.78 is 81.3. The van der Waals surface area contributed by atoms with Gasteiger partial charge < -0.3 is 14.2 Å². The molecule has 0 unspecified atom stereocenters. The molecular formula is C17H16F4N2O4S. The molecule has 28 heavy (non-hydrogen) atoms. The van der Waals surface area contributed by atoms with Gasteiger partial charge in [-0.05, 0) is 37.3 Å². The highest BCUT2D eigenvalue weighted by Gasteiger charge is 2.48. The molecule has 11 heteroatoms. The number of halogens is 4. The molecule has 0 aliphatic carbocycles. The van der Waals surface area contributed by atoms with E-state index in [4.69, 9.17) is 4.42 Å². The number of nitrogens with zero attached hydrogens (tertiary/aromatic N) is 2. The van der Waals surface area contributed by atoms with E-state index in [1.54, 1.807) is 13.0 Å². The molecule has 0 radical (unpaired) electrons. The fraction of sp³-hybridized carbons (Fsp3) is 0.353. The topological polar surface area (TPSA) is 70.8 Å². The minimum Gasteiger partial charge on any atom is -0.456 e. The number of anilines is 1. The molecule has 1 aromatic heterocycles. The van der Waals surface area contributed by atoms with Gasteiger partial charge in [-0.1, -0.05) is 0 Å². The lowest BCUT2D eigenvalue weighted by Crippen LogP contribution is -2.49. The number of hydrogen-bond acceptors (Lipinski definition) is 5. The quantitative estimate of drug-likeness (QED) is 0.714. The van der Waals surface area contributed by atoms with Gasteiger partial charge in [-0.3, -0.25) is 4.79 Å². The molecule has 152 valence electrons. The Balaban J connectivity index is 1.82. The average molecular weight is 420 g/mol. The van der Waals surface area contributed by atoms with Crippen molar-refractivity contribution in [2.24, 2.45) is 0 Å². The van der Waals surface area contributed by atoms with Crippen LogP contribution >= 0.6 is 0 Å². The van der Waals surface area contributed by atoms with Crippen LogP contribution in [0.2, 0.25) is 0 Å². The van der Waals surface area contributed by atoms with Crippen LogP contribution in [-0.2, 0) is 9.84 Å². The number of rotatable bonds is 3. The number of piperazine rings is 1. The first-order valence-electron chi connectivity index (χ1n) is 8.22. The Kier molecular flexibility index (Phi) is 5.13. The van der Waals surface area contributed by atoms with Crippen molar-refractivity contribution in [3.63, 3.8) is 0 Å². The van der Waals surface area contributed by atoms with Crippen LogP contribution in [0.1, 0.15) is 16.3 Å². The summed E-state index contributed by atoms with van der Waals surface area (Å²) >= 11 is 0. The number of carbonyl (C=O) groups is 1. The summed E-state index contributed by atoms with van der Waals surface area (Å²) in [6, 6.07) is 5.42. The largest absolute Gasteiger partial charge is 0.501 e. The first-order chi connectivity index (χ1) is 13.0. The Bertz CT molecular complexity index is 993. The minimum absolute atomic E-state index is 0.0808. The van der Waals surface area contributed by atoms with Crippen molar-refractivity contribution >= 4 is 21.4 Å². The fourth-order valence-corrected chi connectivity index (χ4v) is 3.93. The van der Waals surface area contributed by atoms with Gasteiger partial charge in [0, 0.05) is 26.2 Å². The van der Waals surface area contributed by atoms with Gasteiger partial charge in [0.2, 0.25) is 0 Å². The smallest absolute Gasteiger partial charge is 0.456 e. The molecule has 1 aliphatic heterocycles. The molecule has 6 nitrogen and oxygen atoms in total. The highest BCUT2D eigenvalue weighted by Crippen LogP contribution is 2.36. The maximum Gasteiger partial charge on any atom is 0.501 e. The first kappa shape index (κ1) is 20.2. The molecule has 2 aromatic rings. The SMILES string of the molecule is Cc1ccc(C(=O)N2CCN(c3ccc(F)cc3S(=O)(=O)C(F)(F)F)CC2)o1. The van der Waals surface area contributed by atoms with E-state index < -0.39 is 26.1 Å². The van der Waals surface area contributed by atoms with E-state index in [-0.39, 0.29) is 43.5 Å². The fourth-order valence-electron chi connectivity index (χ4n) is 2.94. The second kappa shape index (κ2) is 7.12. The van der Waals surface area contributed by atoms with Crippen LogP contribution in [0.5, 0.6) is 0 Å². The molecule has 1 aromatic carbocycles. The minimum atomic E-state index is -5.73. The van der Waals surface area contributed by atoms with Crippen molar-refractivity contribution in [1.29, 1.82) is 0 Å². The molecule has 3 rings (SSSR count). The molecule has 0 N–H and O–H groups in total. The van der Waals surface area contributed by atoms with Gasteiger partial charge in [0.15, 0.2) is 5.76 Å². The van der Waals surface area contributed by atoms with E-state index in [2.05, 4.69) is 0 Å². The van der Waals surface area contributed by atoms with Crippen molar-refractivity contribution in [2.45, 2.75) is 17.3 Å². The zero-order chi connectivity index (χ0) is 20.7. The summed E-state index contributed by atoms with van der Waals surface area (Å²) in [5.74, 6) is -0.744. The van der Waals surface area contributed by atoms with Gasteiger partial charge in [0.25, 0.3) is 15.7 Å². The van der Waals surface area contributed by atoms with E-state index in [1.165, 1.54) is 15.9 Å². The number of amides is 1. The van der Waals surface area contributed by atoms with Crippen molar-refractivity contribution in [3.05, 3.63) is 47.7 Å². The lowest BCUT2D eigenvalue weighted by atomic mass is 10.2. The lowest BCUT2D eigenvalue weighted by molar-refractivity contribution is -0.0435. The number of furan rings is 1. The van der Waals surface area contributed by atoms with Crippen LogP contribution in [0.3, 0.4) is 0 Å². The van der Waals surface area contributed by atoms with Crippen molar-refractivity contribution in [1.82, 2.24) is 4.90 Å². The highest BCUT2D eigenvalue weighted by atomic mass is 32.2. The predicted molar refractivity (Wildman–Crippen MR) is 91.2 cm³/mol. The summed E-state index contributed by atoms with van der Waals surface area (Å²) in [5.41, 5.74) is -5.80. The molecule has 0 saturated carbocycles. The van der Waals surface area contributed by atoms with Gasteiger partial charge in [-0.15, -0.1) is 0 Å². The van der Waals surface area contributed by atoms with E-state index in [9.17, 15) is 30.8 Å². The van der Waals surface area contributed by atoms with Gasteiger partial charge in [0.05, 0.1) is 5.69 Å². The third-order valence-electron chi connectivity index (χ3n) is 4.37. The third-order valence-corrected chi connectivity index (χ3v) is 5.89. The number of aryl methyl sites for hydroxylation is 1. The molecule has 0 spiro atoms. The van der Waals surface area contributed by atoms with Crippen molar-refractivity contribution < 1.29 is 35.2 Å². The van der Waals surface area contributed by atoms with Crippen molar-refractivity contribution in [2.75, 3.05) is 31.1 Å².